The van der Waals surface area contributed by atoms with E-state index < -0.39 is 0 Å². The van der Waals surface area contributed by atoms with Gasteiger partial charge in [0, 0.05) is 37.8 Å². The number of rotatable bonds is 4. The van der Waals surface area contributed by atoms with Crippen molar-refractivity contribution in [2.24, 2.45) is 40.9 Å². The zero-order valence-electron chi connectivity index (χ0n) is 24.2. The van der Waals surface area contributed by atoms with Crippen LogP contribution in [0.25, 0.3) is 0 Å². The number of allylic oxidation sites excluding steroid dienone is 1. The van der Waals surface area contributed by atoms with E-state index in [-0.39, 0.29) is 5.60 Å². The predicted octanol–water partition coefficient (Wildman–Crippen LogP) is 6.76. The second-order valence-electron chi connectivity index (χ2n) is 14.8. The van der Waals surface area contributed by atoms with Crippen LogP contribution in [0.1, 0.15) is 112 Å². The fraction of sp³-hybridized carbons (Fsp3) is 0.879. The number of Topliss-reactive ketones (excluding diaryl/α,β-unsaturated/α-hetero) is 2. The number of likely N-dealkylation sites (tertiary alicyclic amines) is 1. The lowest BCUT2D eigenvalue weighted by atomic mass is 9.52. The summed E-state index contributed by atoms with van der Waals surface area (Å²) in [5, 5.41) is 0. The molecule has 0 aromatic carbocycles. The molecule has 37 heavy (non-hydrogen) atoms. The van der Waals surface area contributed by atoms with Crippen molar-refractivity contribution < 1.29 is 14.3 Å². The molecule has 2 heterocycles. The van der Waals surface area contributed by atoms with Gasteiger partial charge in [-0.05, 0) is 113 Å². The molecular weight excluding hydrogens is 458 g/mol. The van der Waals surface area contributed by atoms with Crippen molar-refractivity contribution in [3.8, 4) is 0 Å². The molecule has 2 saturated heterocycles. The van der Waals surface area contributed by atoms with Crippen LogP contribution in [-0.2, 0) is 14.3 Å². The highest BCUT2D eigenvalue weighted by Gasteiger charge is 2.60. The first-order chi connectivity index (χ1) is 17.6. The first kappa shape index (κ1) is 26.2. The molecule has 6 rings (SSSR count). The number of piperidine rings is 1. The van der Waals surface area contributed by atoms with Crippen molar-refractivity contribution in [3.05, 3.63) is 11.1 Å². The van der Waals surface area contributed by atoms with Crippen LogP contribution in [-0.4, -0.2) is 47.3 Å². The van der Waals surface area contributed by atoms with Gasteiger partial charge in [-0.15, -0.1) is 0 Å². The molecule has 6 aliphatic rings. The van der Waals surface area contributed by atoms with E-state index in [4.69, 9.17) is 4.74 Å². The van der Waals surface area contributed by atoms with Gasteiger partial charge >= 0.3 is 0 Å². The average molecular weight is 510 g/mol. The Morgan fingerprint density at radius 2 is 1.95 bits per heavy atom. The largest absolute Gasteiger partial charge is 0.369 e. The van der Waals surface area contributed by atoms with Crippen LogP contribution >= 0.6 is 0 Å². The Labute approximate surface area is 225 Å². The highest BCUT2D eigenvalue weighted by molar-refractivity contribution is 5.79. The number of hydrogen-bond donors (Lipinski definition) is 0. The fourth-order valence-electron chi connectivity index (χ4n) is 10.8. The van der Waals surface area contributed by atoms with E-state index >= 15 is 0 Å². The molecule has 206 valence electrons. The number of nitrogens with zero attached hydrogens (tertiary/aromatic N) is 1. The van der Waals surface area contributed by atoms with Crippen LogP contribution in [0.3, 0.4) is 0 Å². The van der Waals surface area contributed by atoms with Crippen molar-refractivity contribution in [3.63, 3.8) is 0 Å². The Balaban J connectivity index is 1.23. The van der Waals surface area contributed by atoms with Gasteiger partial charge in [0.05, 0.1) is 11.7 Å². The molecule has 0 unspecified atom stereocenters. The van der Waals surface area contributed by atoms with Gasteiger partial charge in [-0.2, -0.15) is 0 Å². The Hall–Kier alpha value is -1.00. The van der Waals surface area contributed by atoms with Crippen LogP contribution in [0.2, 0.25) is 0 Å². The summed E-state index contributed by atoms with van der Waals surface area (Å²) in [4.78, 5) is 26.6. The molecule has 5 fully saturated rings. The second kappa shape index (κ2) is 9.58. The van der Waals surface area contributed by atoms with Crippen LogP contribution < -0.4 is 0 Å². The van der Waals surface area contributed by atoms with Crippen molar-refractivity contribution in [2.75, 3.05) is 13.1 Å². The van der Waals surface area contributed by atoms with Gasteiger partial charge in [-0.3, -0.25) is 9.69 Å². The van der Waals surface area contributed by atoms with Crippen molar-refractivity contribution >= 4 is 11.6 Å². The van der Waals surface area contributed by atoms with E-state index in [1.165, 1.54) is 38.5 Å². The summed E-state index contributed by atoms with van der Waals surface area (Å²) in [5.41, 5.74) is 3.79. The lowest BCUT2D eigenvalue weighted by Gasteiger charge is -2.52. The molecule has 0 amide bonds. The normalized spacial score (nSPS) is 47.9. The van der Waals surface area contributed by atoms with Crippen molar-refractivity contribution in [2.45, 2.75) is 129 Å². The number of ether oxygens (including phenoxy) is 1. The second-order valence-corrected chi connectivity index (χ2v) is 14.8. The number of carbonyl (C=O) groups excluding carboxylic acids is 2. The maximum Gasteiger partial charge on any atom is 0.133 e. The third-order valence-electron chi connectivity index (χ3n) is 12.6. The van der Waals surface area contributed by atoms with E-state index in [0.29, 0.717) is 53.3 Å². The standard InChI is InChI=1S/C33H51NO3/c1-20-15-30-31(34(19-20)14-6-7-22(3)35)23(4)33(37-30)13-11-26-27-9-8-24-16-25(36)10-12-32(24,5)29(27)17-28(26)21(2)18-33/h20,23-24,26-27,29-31H,6-19H2,1-5H3/t20-,23+,24+,26-,27-,29-,30+,31-,32-,33-/m0/s1. The van der Waals surface area contributed by atoms with Crippen LogP contribution in [0.5, 0.6) is 0 Å². The van der Waals surface area contributed by atoms with Gasteiger partial charge in [0.15, 0.2) is 0 Å². The highest BCUT2D eigenvalue weighted by Crippen LogP contribution is 2.65. The smallest absolute Gasteiger partial charge is 0.133 e. The lowest BCUT2D eigenvalue weighted by molar-refractivity contribution is -0.130. The molecule has 0 aromatic heterocycles. The van der Waals surface area contributed by atoms with E-state index in [1.807, 2.05) is 0 Å². The summed E-state index contributed by atoms with van der Waals surface area (Å²) in [5.74, 6) is 4.99. The zero-order chi connectivity index (χ0) is 26.1. The molecule has 3 saturated carbocycles. The van der Waals surface area contributed by atoms with E-state index in [1.54, 1.807) is 18.1 Å². The third-order valence-corrected chi connectivity index (χ3v) is 12.6. The third kappa shape index (κ3) is 4.31. The maximum absolute atomic E-state index is 12.3. The van der Waals surface area contributed by atoms with Crippen LogP contribution in [0, 0.1) is 40.9 Å². The minimum atomic E-state index is -0.0203. The minimum absolute atomic E-state index is 0.0203. The Morgan fingerprint density at radius 3 is 2.73 bits per heavy atom. The molecule has 0 aromatic rings. The van der Waals surface area contributed by atoms with Crippen molar-refractivity contribution in [1.29, 1.82) is 0 Å². The van der Waals surface area contributed by atoms with Gasteiger partial charge in [0.1, 0.15) is 11.6 Å². The number of carbonyl (C=O) groups is 2. The first-order valence-electron chi connectivity index (χ1n) is 15.7. The van der Waals surface area contributed by atoms with Gasteiger partial charge in [0.25, 0.3) is 0 Å². The summed E-state index contributed by atoms with van der Waals surface area (Å²) in [7, 11) is 0. The molecule has 2 aliphatic heterocycles. The summed E-state index contributed by atoms with van der Waals surface area (Å²) in [6.07, 6.45) is 13.5. The Morgan fingerprint density at radius 1 is 1.14 bits per heavy atom. The van der Waals surface area contributed by atoms with Crippen LogP contribution in [0.4, 0.5) is 0 Å². The van der Waals surface area contributed by atoms with E-state index in [0.717, 1.165) is 62.9 Å². The van der Waals surface area contributed by atoms with Crippen LogP contribution in [0.15, 0.2) is 11.1 Å². The van der Waals surface area contributed by atoms with E-state index in [2.05, 4.69) is 32.6 Å². The molecular formula is C33H51NO3. The zero-order valence-corrected chi connectivity index (χ0v) is 24.2. The fourth-order valence-corrected chi connectivity index (χ4v) is 10.8. The summed E-state index contributed by atoms with van der Waals surface area (Å²) >= 11 is 0. The Bertz CT molecular complexity index is 971. The van der Waals surface area contributed by atoms with Crippen molar-refractivity contribution in [1.82, 2.24) is 4.90 Å². The monoisotopic (exact) mass is 509 g/mol. The molecule has 4 aliphatic carbocycles. The summed E-state index contributed by atoms with van der Waals surface area (Å²) in [6.45, 7) is 13.8. The minimum Gasteiger partial charge on any atom is -0.369 e. The molecule has 0 bridgehead atoms. The number of hydrogen-bond acceptors (Lipinski definition) is 4. The molecule has 4 heteroatoms. The molecule has 0 radical (unpaired) electrons. The SMILES string of the molecule is CC(=O)CCCN1C[C@@H](C)C[C@H]2O[C@]3(CC[C@@H]4C(=C(C)C3)C[C@H]3[C@H]4CC[C@@H]4CC(=O)CC[C@@]43C)[C@H](C)[C@@H]21. The summed E-state index contributed by atoms with van der Waals surface area (Å²) < 4.78 is 7.22. The van der Waals surface area contributed by atoms with Gasteiger partial charge in [-0.25, -0.2) is 0 Å². The summed E-state index contributed by atoms with van der Waals surface area (Å²) in [6, 6.07) is 0.501. The lowest BCUT2D eigenvalue weighted by Crippen LogP contribution is -2.52. The number of fused-ring (bicyclic) bond motifs is 6. The maximum atomic E-state index is 12.3. The quantitative estimate of drug-likeness (QED) is 0.393. The first-order valence-corrected chi connectivity index (χ1v) is 15.7. The predicted molar refractivity (Wildman–Crippen MR) is 147 cm³/mol. The Kier molecular flexibility index (Phi) is 6.79. The highest BCUT2D eigenvalue weighted by atomic mass is 16.5. The van der Waals surface area contributed by atoms with Gasteiger partial charge < -0.3 is 9.53 Å². The topological polar surface area (TPSA) is 46.6 Å². The number of ketones is 2. The van der Waals surface area contributed by atoms with Gasteiger partial charge in [0.2, 0.25) is 0 Å². The molecule has 0 N–H and O–H groups in total. The van der Waals surface area contributed by atoms with E-state index in [9.17, 15) is 9.59 Å². The molecule has 4 nitrogen and oxygen atoms in total. The average Bonchev–Trinajstić information content (AvgIpc) is 3.29. The molecule has 1 spiro atoms. The van der Waals surface area contributed by atoms with Gasteiger partial charge in [-0.1, -0.05) is 31.9 Å². The molecule has 10 atom stereocenters.